The molecule has 0 amide bonds. The second kappa shape index (κ2) is 9.21. The van der Waals surface area contributed by atoms with Crippen molar-refractivity contribution in [2.24, 2.45) is 4.99 Å². The van der Waals surface area contributed by atoms with E-state index >= 15 is 0 Å². The van der Waals surface area contributed by atoms with Gasteiger partial charge in [-0.3, -0.25) is 4.99 Å². The maximum Gasteiger partial charge on any atom is 0.194 e. The lowest BCUT2D eigenvalue weighted by Crippen LogP contribution is -2.57. The Kier molecular flexibility index (Phi) is 8.18. The molecule has 1 saturated heterocycles. The molecule has 1 N–H and O–H groups in total. The predicted molar refractivity (Wildman–Crippen MR) is 116 cm³/mol. The quantitative estimate of drug-likeness (QED) is 0.410. The van der Waals surface area contributed by atoms with Crippen molar-refractivity contribution in [1.82, 2.24) is 10.2 Å². The molecule has 0 aliphatic carbocycles. The summed E-state index contributed by atoms with van der Waals surface area (Å²) in [5.41, 5.74) is 1.26. The summed E-state index contributed by atoms with van der Waals surface area (Å²) in [6.07, 6.45) is 0. The molecule has 0 saturated carbocycles. The first-order valence-corrected chi connectivity index (χ1v) is 10.2. The van der Waals surface area contributed by atoms with Gasteiger partial charge >= 0.3 is 0 Å². The zero-order valence-electron chi connectivity index (χ0n) is 15.5. The van der Waals surface area contributed by atoms with Crippen LogP contribution in [0.1, 0.15) is 39.2 Å². The summed E-state index contributed by atoms with van der Waals surface area (Å²) in [7, 11) is -3.04. The van der Waals surface area contributed by atoms with E-state index in [-0.39, 0.29) is 29.7 Å². The highest BCUT2D eigenvalue weighted by molar-refractivity contribution is 14.0. The van der Waals surface area contributed by atoms with Crippen molar-refractivity contribution < 1.29 is 8.42 Å². The van der Waals surface area contributed by atoms with Crippen molar-refractivity contribution in [3.63, 3.8) is 0 Å². The Morgan fingerprint density at radius 2 is 1.96 bits per heavy atom. The van der Waals surface area contributed by atoms with Crippen LogP contribution in [-0.4, -0.2) is 56.0 Å². The van der Waals surface area contributed by atoms with Gasteiger partial charge < -0.3 is 10.2 Å². The fraction of sp³-hybridized carbons (Fsp3) is 0.611. The monoisotopic (exact) mass is 479 g/mol. The topological polar surface area (TPSA) is 61.8 Å². The average molecular weight is 479 g/mol. The van der Waals surface area contributed by atoms with Gasteiger partial charge in [0.05, 0.1) is 10.5 Å². The summed E-state index contributed by atoms with van der Waals surface area (Å²) < 4.78 is 23.6. The zero-order valence-corrected chi connectivity index (χ0v) is 18.7. The van der Waals surface area contributed by atoms with E-state index in [2.05, 4.69) is 29.3 Å². The van der Waals surface area contributed by atoms with Gasteiger partial charge in [0.25, 0.3) is 0 Å². The van der Waals surface area contributed by atoms with Crippen molar-refractivity contribution in [3.8, 4) is 0 Å². The van der Waals surface area contributed by atoms with E-state index in [1.165, 1.54) is 5.56 Å². The van der Waals surface area contributed by atoms with Crippen molar-refractivity contribution in [2.45, 2.75) is 38.4 Å². The fourth-order valence-electron chi connectivity index (χ4n) is 2.86. The Hall–Kier alpha value is -0.830. The second-order valence-corrected chi connectivity index (χ2v) is 9.75. The molecule has 0 bridgehead atoms. The molecule has 7 heteroatoms. The SMILES string of the molecule is CCNC(=NCC(C)c1ccccc1)N1CCS(=O)(=O)C(C)(C)C1.I. The minimum Gasteiger partial charge on any atom is -0.357 e. The number of aliphatic imine (C=N–C) groups is 1. The van der Waals surface area contributed by atoms with E-state index in [0.29, 0.717) is 25.6 Å². The van der Waals surface area contributed by atoms with E-state index in [4.69, 9.17) is 4.99 Å². The Morgan fingerprint density at radius 1 is 1.32 bits per heavy atom. The molecule has 1 fully saturated rings. The number of sulfone groups is 1. The standard InChI is InChI=1S/C18H29N3O2S.HI/c1-5-19-17(20-13-15(2)16-9-7-6-8-10-16)21-11-12-24(22,23)18(3,4)14-21;/h6-10,15H,5,11-14H2,1-4H3,(H,19,20);1H. The van der Waals surface area contributed by atoms with E-state index in [0.717, 1.165) is 12.5 Å². The number of rotatable bonds is 4. The molecular weight excluding hydrogens is 449 g/mol. The smallest absolute Gasteiger partial charge is 0.194 e. The Morgan fingerprint density at radius 3 is 2.52 bits per heavy atom. The van der Waals surface area contributed by atoms with Crippen LogP contribution in [0.3, 0.4) is 0 Å². The molecular formula is C18H30IN3O2S. The number of halogens is 1. The van der Waals surface area contributed by atoms with Crippen LogP contribution in [0.15, 0.2) is 35.3 Å². The molecule has 2 rings (SSSR count). The number of benzene rings is 1. The van der Waals surface area contributed by atoms with Crippen LogP contribution in [0.2, 0.25) is 0 Å². The minimum absolute atomic E-state index is 0. The molecule has 1 aliphatic rings. The average Bonchev–Trinajstić information content (AvgIpc) is 2.54. The van der Waals surface area contributed by atoms with Crippen molar-refractivity contribution >= 4 is 39.8 Å². The van der Waals surface area contributed by atoms with Crippen LogP contribution in [-0.2, 0) is 9.84 Å². The van der Waals surface area contributed by atoms with Gasteiger partial charge in [0.1, 0.15) is 0 Å². The van der Waals surface area contributed by atoms with E-state index in [9.17, 15) is 8.42 Å². The predicted octanol–water partition coefficient (Wildman–Crippen LogP) is 2.88. The first-order valence-electron chi connectivity index (χ1n) is 8.57. The normalized spacial score (nSPS) is 20.5. The van der Waals surface area contributed by atoms with Crippen LogP contribution >= 0.6 is 24.0 Å². The molecule has 0 aromatic heterocycles. The maximum atomic E-state index is 12.2. The van der Waals surface area contributed by atoms with Crippen molar-refractivity contribution in [2.75, 3.05) is 31.9 Å². The highest BCUT2D eigenvalue weighted by Crippen LogP contribution is 2.24. The molecule has 5 nitrogen and oxygen atoms in total. The van der Waals surface area contributed by atoms with Gasteiger partial charge in [-0.25, -0.2) is 8.42 Å². The van der Waals surface area contributed by atoms with Crippen LogP contribution in [0.5, 0.6) is 0 Å². The number of guanidine groups is 1. The summed E-state index contributed by atoms with van der Waals surface area (Å²) >= 11 is 0. The number of hydrogen-bond acceptors (Lipinski definition) is 3. The number of nitrogens with one attached hydrogen (secondary N) is 1. The Balaban J connectivity index is 0.00000312. The van der Waals surface area contributed by atoms with Gasteiger partial charge in [-0.1, -0.05) is 37.3 Å². The van der Waals surface area contributed by atoms with E-state index in [1.807, 2.05) is 25.1 Å². The molecule has 1 aliphatic heterocycles. The third kappa shape index (κ3) is 5.57. The third-order valence-corrected chi connectivity index (χ3v) is 7.09. The summed E-state index contributed by atoms with van der Waals surface area (Å²) in [4.78, 5) is 6.84. The molecule has 1 heterocycles. The number of hydrogen-bond donors (Lipinski definition) is 1. The van der Waals surface area contributed by atoms with Gasteiger partial charge in [0.15, 0.2) is 15.8 Å². The van der Waals surface area contributed by atoms with E-state index < -0.39 is 14.6 Å². The molecule has 1 aromatic rings. The fourth-order valence-corrected chi connectivity index (χ4v) is 4.23. The van der Waals surface area contributed by atoms with Gasteiger partial charge in [0.2, 0.25) is 0 Å². The first kappa shape index (κ1) is 22.2. The minimum atomic E-state index is -3.04. The van der Waals surface area contributed by atoms with Crippen LogP contribution in [0, 0.1) is 0 Å². The first-order chi connectivity index (χ1) is 11.3. The van der Waals surface area contributed by atoms with Gasteiger partial charge in [-0.05, 0) is 26.3 Å². The highest BCUT2D eigenvalue weighted by Gasteiger charge is 2.40. The molecule has 25 heavy (non-hydrogen) atoms. The zero-order chi connectivity index (χ0) is 17.8. The van der Waals surface area contributed by atoms with Crippen molar-refractivity contribution in [3.05, 3.63) is 35.9 Å². The second-order valence-electron chi connectivity index (χ2n) is 7.01. The summed E-state index contributed by atoms with van der Waals surface area (Å²) in [5, 5.41) is 3.31. The van der Waals surface area contributed by atoms with Crippen LogP contribution in [0.4, 0.5) is 0 Å². The molecule has 1 atom stereocenters. The van der Waals surface area contributed by atoms with Crippen molar-refractivity contribution in [1.29, 1.82) is 0 Å². The third-order valence-electron chi connectivity index (χ3n) is 4.56. The maximum absolute atomic E-state index is 12.2. The lowest BCUT2D eigenvalue weighted by Gasteiger charge is -2.39. The lowest BCUT2D eigenvalue weighted by molar-refractivity contribution is 0.353. The van der Waals surface area contributed by atoms with Crippen LogP contribution in [0.25, 0.3) is 0 Å². The van der Waals surface area contributed by atoms with Gasteiger partial charge in [0, 0.05) is 32.1 Å². The number of nitrogens with zero attached hydrogens (tertiary/aromatic N) is 2. The summed E-state index contributed by atoms with van der Waals surface area (Å²) in [6, 6.07) is 10.3. The Bertz CT molecular complexity index is 675. The Labute approximate surface area is 169 Å². The van der Waals surface area contributed by atoms with Gasteiger partial charge in [-0.15, -0.1) is 24.0 Å². The summed E-state index contributed by atoms with van der Waals surface area (Å²) in [6.45, 7) is 10.2. The van der Waals surface area contributed by atoms with Gasteiger partial charge in [-0.2, -0.15) is 0 Å². The molecule has 1 unspecified atom stereocenters. The largest absolute Gasteiger partial charge is 0.357 e. The van der Waals surface area contributed by atoms with E-state index in [1.54, 1.807) is 13.8 Å². The molecule has 142 valence electrons. The van der Waals surface area contributed by atoms with Crippen LogP contribution < -0.4 is 5.32 Å². The highest BCUT2D eigenvalue weighted by atomic mass is 127. The summed E-state index contributed by atoms with van der Waals surface area (Å²) in [5.74, 6) is 1.31. The molecule has 1 aromatic carbocycles. The molecule has 0 radical (unpaired) electrons. The lowest BCUT2D eigenvalue weighted by atomic mass is 10.0. The molecule has 0 spiro atoms.